The molecule has 0 fully saturated rings. The number of hydrogen-bond acceptors (Lipinski definition) is 3. The maximum absolute atomic E-state index is 12.2. The van der Waals surface area contributed by atoms with Crippen molar-refractivity contribution in [3.05, 3.63) is 64.2 Å². The molecule has 8 heteroatoms. The summed E-state index contributed by atoms with van der Waals surface area (Å²) in [6.07, 6.45) is 0. The van der Waals surface area contributed by atoms with E-state index < -0.39 is 0 Å². The molecule has 0 heterocycles. The van der Waals surface area contributed by atoms with E-state index in [0.29, 0.717) is 42.8 Å². The van der Waals surface area contributed by atoms with Crippen molar-refractivity contribution in [1.82, 2.24) is 16.0 Å². The molecule has 0 aliphatic rings. The number of nitrogens with zero attached hydrogens (tertiary/aromatic N) is 1. The number of guanidine groups is 1. The Morgan fingerprint density at radius 2 is 1.80 bits per heavy atom. The van der Waals surface area contributed by atoms with Gasteiger partial charge in [0.2, 0.25) is 0 Å². The quantitative estimate of drug-likeness (QED) is 0.192. The van der Waals surface area contributed by atoms with Gasteiger partial charge in [-0.05, 0) is 44.5 Å². The molecule has 1 amide bonds. The van der Waals surface area contributed by atoms with Gasteiger partial charge in [0.05, 0.1) is 23.7 Å². The highest BCUT2D eigenvalue weighted by Gasteiger charge is 2.09. The van der Waals surface area contributed by atoms with Crippen molar-refractivity contribution in [1.29, 1.82) is 0 Å². The summed E-state index contributed by atoms with van der Waals surface area (Å²) < 4.78 is 5.72. The van der Waals surface area contributed by atoms with Crippen molar-refractivity contribution in [2.75, 3.05) is 26.2 Å². The Labute approximate surface area is 200 Å². The molecule has 0 aliphatic carbocycles. The van der Waals surface area contributed by atoms with Crippen LogP contribution in [0, 0.1) is 6.92 Å². The van der Waals surface area contributed by atoms with Crippen LogP contribution >= 0.6 is 35.6 Å². The molecule has 2 aromatic carbocycles. The highest BCUT2D eigenvalue weighted by Crippen LogP contribution is 2.21. The Balaban J connectivity index is 0.00000450. The standard InChI is InChI=1S/C22H29ClN4O2.HI/c1-4-24-22(27-15-17-11-10-16(3)14-20(17)29-5-2)26-13-12-25-21(28)18-8-6-7-9-19(18)23;/h6-11,14H,4-5,12-13,15H2,1-3H3,(H,25,28)(H2,24,26,27);1H. The normalized spacial score (nSPS) is 10.7. The van der Waals surface area contributed by atoms with Gasteiger partial charge in [0.15, 0.2) is 5.96 Å². The molecule has 164 valence electrons. The second kappa shape index (κ2) is 14.1. The van der Waals surface area contributed by atoms with Crippen LogP contribution < -0.4 is 20.7 Å². The minimum Gasteiger partial charge on any atom is -0.494 e. The van der Waals surface area contributed by atoms with Crippen LogP contribution in [0.2, 0.25) is 5.02 Å². The van der Waals surface area contributed by atoms with Crippen molar-refractivity contribution in [3.63, 3.8) is 0 Å². The van der Waals surface area contributed by atoms with Crippen LogP contribution in [-0.2, 0) is 6.54 Å². The van der Waals surface area contributed by atoms with Crippen LogP contribution in [0.1, 0.15) is 35.3 Å². The third-order valence-corrected chi connectivity index (χ3v) is 4.43. The van der Waals surface area contributed by atoms with Crippen molar-refractivity contribution in [2.24, 2.45) is 4.99 Å². The molecular formula is C22H30ClIN4O2. The number of amides is 1. The summed E-state index contributed by atoms with van der Waals surface area (Å²) in [7, 11) is 0. The van der Waals surface area contributed by atoms with E-state index in [9.17, 15) is 4.79 Å². The Hall–Kier alpha value is -2.00. The van der Waals surface area contributed by atoms with E-state index in [1.54, 1.807) is 24.3 Å². The lowest BCUT2D eigenvalue weighted by Gasteiger charge is -2.13. The molecule has 0 aliphatic heterocycles. The van der Waals surface area contributed by atoms with Gasteiger partial charge < -0.3 is 20.7 Å². The molecule has 3 N–H and O–H groups in total. The van der Waals surface area contributed by atoms with E-state index in [-0.39, 0.29) is 29.9 Å². The molecule has 0 atom stereocenters. The zero-order valence-corrected chi connectivity index (χ0v) is 20.7. The van der Waals surface area contributed by atoms with Crippen LogP contribution in [0.25, 0.3) is 0 Å². The number of halogens is 2. The molecule has 2 rings (SSSR count). The third kappa shape index (κ3) is 8.39. The van der Waals surface area contributed by atoms with Gasteiger partial charge in [-0.2, -0.15) is 0 Å². The van der Waals surface area contributed by atoms with Crippen molar-refractivity contribution < 1.29 is 9.53 Å². The fraction of sp³-hybridized carbons (Fsp3) is 0.364. The Bertz CT molecular complexity index is 846. The fourth-order valence-corrected chi connectivity index (χ4v) is 2.91. The largest absolute Gasteiger partial charge is 0.494 e. The number of aliphatic imine (C=N–C) groups is 1. The fourth-order valence-electron chi connectivity index (χ4n) is 2.69. The van der Waals surface area contributed by atoms with E-state index in [4.69, 9.17) is 16.3 Å². The lowest BCUT2D eigenvalue weighted by Crippen LogP contribution is -2.41. The number of nitrogens with one attached hydrogen (secondary N) is 3. The topological polar surface area (TPSA) is 74.8 Å². The molecule has 6 nitrogen and oxygen atoms in total. The van der Waals surface area contributed by atoms with Crippen molar-refractivity contribution in [3.8, 4) is 5.75 Å². The van der Waals surface area contributed by atoms with Gasteiger partial charge in [0.1, 0.15) is 5.75 Å². The number of aryl methyl sites for hydroxylation is 1. The predicted molar refractivity (Wildman–Crippen MR) is 134 cm³/mol. The number of carbonyl (C=O) groups is 1. The van der Waals surface area contributed by atoms with Gasteiger partial charge in [-0.3, -0.25) is 4.79 Å². The monoisotopic (exact) mass is 544 g/mol. The first kappa shape index (κ1) is 26.0. The van der Waals surface area contributed by atoms with Crippen LogP contribution in [0.5, 0.6) is 5.75 Å². The number of rotatable bonds is 9. The lowest BCUT2D eigenvalue weighted by atomic mass is 10.1. The minimum atomic E-state index is -0.194. The summed E-state index contributed by atoms with van der Waals surface area (Å²) in [6, 6.07) is 13.1. The third-order valence-electron chi connectivity index (χ3n) is 4.10. The molecule has 0 spiro atoms. The second-order valence-electron chi connectivity index (χ2n) is 6.40. The smallest absolute Gasteiger partial charge is 0.252 e. The molecule has 0 saturated heterocycles. The van der Waals surface area contributed by atoms with Crippen molar-refractivity contribution in [2.45, 2.75) is 27.3 Å². The summed E-state index contributed by atoms with van der Waals surface area (Å²) in [4.78, 5) is 16.8. The van der Waals surface area contributed by atoms with Crippen LogP contribution in [0.4, 0.5) is 0 Å². The molecular weight excluding hydrogens is 515 g/mol. The highest BCUT2D eigenvalue weighted by atomic mass is 127. The molecule has 0 radical (unpaired) electrons. The molecule has 0 bridgehead atoms. The predicted octanol–water partition coefficient (Wildman–Crippen LogP) is 4.15. The SMILES string of the molecule is CCNC(=NCc1ccc(C)cc1OCC)NCCNC(=O)c1ccccc1Cl.I. The van der Waals surface area contributed by atoms with Gasteiger partial charge >= 0.3 is 0 Å². The molecule has 30 heavy (non-hydrogen) atoms. The van der Waals surface area contributed by atoms with Gasteiger partial charge in [-0.15, -0.1) is 24.0 Å². The van der Waals surface area contributed by atoms with Crippen LogP contribution in [-0.4, -0.2) is 38.1 Å². The van der Waals surface area contributed by atoms with E-state index >= 15 is 0 Å². The van der Waals surface area contributed by atoms with Crippen molar-refractivity contribution >= 4 is 47.4 Å². The van der Waals surface area contributed by atoms with Crippen LogP contribution in [0.3, 0.4) is 0 Å². The lowest BCUT2D eigenvalue weighted by molar-refractivity contribution is 0.0954. The minimum absolute atomic E-state index is 0. The second-order valence-corrected chi connectivity index (χ2v) is 6.81. The first-order valence-corrected chi connectivity index (χ1v) is 10.2. The molecule has 0 saturated carbocycles. The summed E-state index contributed by atoms with van der Waals surface area (Å²) in [5, 5.41) is 9.73. The van der Waals surface area contributed by atoms with E-state index in [0.717, 1.165) is 23.4 Å². The average Bonchev–Trinajstić information content (AvgIpc) is 2.70. The number of hydrogen-bond donors (Lipinski definition) is 3. The Morgan fingerprint density at radius 3 is 2.50 bits per heavy atom. The maximum Gasteiger partial charge on any atom is 0.252 e. The Kier molecular flexibility index (Phi) is 12.2. The average molecular weight is 545 g/mol. The first-order chi connectivity index (χ1) is 14.0. The number of carbonyl (C=O) groups excluding carboxylic acids is 1. The molecule has 2 aromatic rings. The molecule has 0 aromatic heterocycles. The van der Waals surface area contributed by atoms with Gasteiger partial charge in [0.25, 0.3) is 5.91 Å². The Morgan fingerprint density at radius 1 is 1.07 bits per heavy atom. The molecule has 0 unspecified atom stereocenters. The highest BCUT2D eigenvalue weighted by molar-refractivity contribution is 14.0. The van der Waals surface area contributed by atoms with E-state index in [1.807, 2.05) is 32.9 Å². The summed E-state index contributed by atoms with van der Waals surface area (Å²) in [5.74, 6) is 1.35. The first-order valence-electron chi connectivity index (χ1n) is 9.82. The summed E-state index contributed by atoms with van der Waals surface area (Å²) in [5.41, 5.74) is 2.65. The van der Waals surface area contributed by atoms with E-state index in [2.05, 4.69) is 27.0 Å². The zero-order valence-electron chi connectivity index (χ0n) is 17.6. The van der Waals surface area contributed by atoms with Gasteiger partial charge in [0, 0.05) is 25.2 Å². The number of benzene rings is 2. The van der Waals surface area contributed by atoms with Crippen LogP contribution in [0.15, 0.2) is 47.5 Å². The maximum atomic E-state index is 12.2. The van der Waals surface area contributed by atoms with Gasteiger partial charge in [-0.1, -0.05) is 35.9 Å². The summed E-state index contributed by atoms with van der Waals surface area (Å²) in [6.45, 7) is 8.85. The van der Waals surface area contributed by atoms with Gasteiger partial charge in [-0.25, -0.2) is 4.99 Å². The zero-order chi connectivity index (χ0) is 21.1. The number of ether oxygens (including phenoxy) is 1. The van der Waals surface area contributed by atoms with E-state index in [1.165, 1.54) is 0 Å². The summed E-state index contributed by atoms with van der Waals surface area (Å²) >= 11 is 6.05.